The number of aliphatic carboxylic acids is 1. The maximum absolute atomic E-state index is 13.1. The summed E-state index contributed by atoms with van der Waals surface area (Å²) in [6, 6.07) is 3.11. The third kappa shape index (κ3) is 4.51. The van der Waals surface area contributed by atoms with Gasteiger partial charge in [-0.25, -0.2) is 0 Å². The average Bonchev–Trinajstić information content (AvgIpc) is 2.66. The zero-order chi connectivity index (χ0) is 20.0. The summed E-state index contributed by atoms with van der Waals surface area (Å²) in [5, 5.41) is 9.44. The van der Waals surface area contributed by atoms with Gasteiger partial charge in [0.2, 0.25) is 5.91 Å². The van der Waals surface area contributed by atoms with Crippen LogP contribution in [0.5, 0.6) is 11.5 Å². The number of allylic oxidation sites excluding steroid dienone is 2. The maximum atomic E-state index is 13.1. The molecule has 1 aliphatic rings. The van der Waals surface area contributed by atoms with Gasteiger partial charge in [0.25, 0.3) is 0 Å². The Hall–Kier alpha value is -2.76. The van der Waals surface area contributed by atoms with Crippen LogP contribution in [0.3, 0.4) is 0 Å². The lowest BCUT2D eigenvalue weighted by molar-refractivity contribution is -0.143. The van der Waals surface area contributed by atoms with Gasteiger partial charge in [-0.15, -0.1) is 13.2 Å². The van der Waals surface area contributed by atoms with E-state index in [9.17, 15) is 14.7 Å². The van der Waals surface area contributed by atoms with Crippen molar-refractivity contribution in [2.45, 2.75) is 31.7 Å². The molecule has 27 heavy (non-hydrogen) atoms. The van der Waals surface area contributed by atoms with Crippen molar-refractivity contribution in [3.8, 4) is 11.5 Å². The summed E-state index contributed by atoms with van der Waals surface area (Å²) in [4.78, 5) is 26.3. The van der Waals surface area contributed by atoms with Gasteiger partial charge < -0.3 is 19.5 Å². The number of amides is 1. The van der Waals surface area contributed by atoms with Gasteiger partial charge in [0.15, 0.2) is 11.5 Å². The van der Waals surface area contributed by atoms with E-state index in [-0.39, 0.29) is 18.2 Å². The van der Waals surface area contributed by atoms with Crippen LogP contribution in [0.1, 0.15) is 36.4 Å². The minimum absolute atomic E-state index is 0.0681. The van der Waals surface area contributed by atoms with Crippen LogP contribution < -0.4 is 9.47 Å². The number of benzene rings is 1. The van der Waals surface area contributed by atoms with E-state index in [0.717, 1.165) is 11.1 Å². The molecule has 0 fully saturated rings. The monoisotopic (exact) mass is 373 g/mol. The standard InChI is InChI=1S/C21H27NO5/c1-5-7-14(8-6-2)21(25)22-10-9-15-11-18(26-3)19(27-4)12-16(15)17(22)13-20(23)24/h5-6,11-12,14,17H,1-2,7-10,13H2,3-4H3,(H,23,24). The van der Waals surface area contributed by atoms with Crippen molar-refractivity contribution >= 4 is 11.9 Å². The fourth-order valence-electron chi connectivity index (χ4n) is 3.61. The molecule has 0 saturated carbocycles. The van der Waals surface area contributed by atoms with E-state index in [0.29, 0.717) is 37.3 Å². The van der Waals surface area contributed by atoms with Crippen LogP contribution in [0.4, 0.5) is 0 Å². The number of nitrogens with zero attached hydrogens (tertiary/aromatic N) is 1. The molecule has 0 bridgehead atoms. The molecule has 6 heteroatoms. The highest BCUT2D eigenvalue weighted by Gasteiger charge is 2.35. The zero-order valence-corrected chi connectivity index (χ0v) is 15.9. The summed E-state index contributed by atoms with van der Waals surface area (Å²) in [6.45, 7) is 7.91. The minimum Gasteiger partial charge on any atom is -0.493 e. The molecule has 0 spiro atoms. The van der Waals surface area contributed by atoms with Crippen LogP contribution in [-0.4, -0.2) is 42.6 Å². The van der Waals surface area contributed by atoms with Crippen LogP contribution >= 0.6 is 0 Å². The topological polar surface area (TPSA) is 76.1 Å². The second-order valence-electron chi connectivity index (χ2n) is 6.55. The highest BCUT2D eigenvalue weighted by atomic mass is 16.5. The number of carbonyl (C=O) groups is 2. The second-order valence-corrected chi connectivity index (χ2v) is 6.55. The predicted molar refractivity (Wildman–Crippen MR) is 103 cm³/mol. The van der Waals surface area contributed by atoms with E-state index in [2.05, 4.69) is 13.2 Å². The second kappa shape index (κ2) is 9.26. The van der Waals surface area contributed by atoms with Crippen molar-refractivity contribution in [2.24, 2.45) is 5.92 Å². The van der Waals surface area contributed by atoms with Gasteiger partial charge in [0, 0.05) is 12.5 Å². The van der Waals surface area contributed by atoms with E-state index in [4.69, 9.17) is 9.47 Å². The van der Waals surface area contributed by atoms with Crippen molar-refractivity contribution in [3.63, 3.8) is 0 Å². The maximum Gasteiger partial charge on any atom is 0.305 e. The predicted octanol–water partition coefficient (Wildman–Crippen LogP) is 3.37. The summed E-state index contributed by atoms with van der Waals surface area (Å²) in [6.07, 6.45) is 4.95. The number of fused-ring (bicyclic) bond motifs is 1. The molecule has 6 nitrogen and oxygen atoms in total. The van der Waals surface area contributed by atoms with E-state index in [1.54, 1.807) is 30.2 Å². The Morgan fingerprint density at radius 1 is 1.22 bits per heavy atom. The fourth-order valence-corrected chi connectivity index (χ4v) is 3.61. The molecule has 1 amide bonds. The average molecular weight is 373 g/mol. The number of hydrogen-bond donors (Lipinski definition) is 1. The first kappa shape index (κ1) is 20.6. The Kier molecular flexibility index (Phi) is 7.05. The molecule has 0 aromatic heterocycles. The number of carbonyl (C=O) groups excluding carboxylic acids is 1. The van der Waals surface area contributed by atoms with Gasteiger partial charge in [-0.05, 0) is 42.5 Å². The first-order valence-corrected chi connectivity index (χ1v) is 8.95. The lowest BCUT2D eigenvalue weighted by Crippen LogP contribution is -2.43. The van der Waals surface area contributed by atoms with Gasteiger partial charge in [0.1, 0.15) is 0 Å². The quantitative estimate of drug-likeness (QED) is 0.672. The third-order valence-corrected chi connectivity index (χ3v) is 4.91. The summed E-state index contributed by atoms with van der Waals surface area (Å²) >= 11 is 0. The molecule has 0 aliphatic carbocycles. The van der Waals surface area contributed by atoms with Gasteiger partial charge in [-0.2, -0.15) is 0 Å². The van der Waals surface area contributed by atoms with Crippen LogP contribution in [0.25, 0.3) is 0 Å². The minimum atomic E-state index is -0.954. The highest BCUT2D eigenvalue weighted by molar-refractivity contribution is 5.81. The molecule has 1 N–H and O–H groups in total. The number of carboxylic acid groups (broad SMARTS) is 1. The van der Waals surface area contributed by atoms with Gasteiger partial charge in [0.05, 0.1) is 26.7 Å². The van der Waals surface area contributed by atoms with Crippen LogP contribution in [-0.2, 0) is 16.0 Å². The molecule has 1 atom stereocenters. The Bertz CT molecular complexity index is 718. The Morgan fingerprint density at radius 2 is 1.81 bits per heavy atom. The van der Waals surface area contributed by atoms with Crippen molar-refractivity contribution in [3.05, 3.63) is 48.6 Å². The van der Waals surface area contributed by atoms with E-state index >= 15 is 0 Å². The number of methoxy groups -OCH3 is 2. The summed E-state index contributed by atoms with van der Waals surface area (Å²) in [5.41, 5.74) is 1.78. The van der Waals surface area contributed by atoms with Gasteiger partial charge >= 0.3 is 5.97 Å². The number of rotatable bonds is 9. The molecular formula is C21H27NO5. The zero-order valence-electron chi connectivity index (χ0n) is 15.9. The van der Waals surface area contributed by atoms with Crippen molar-refractivity contribution < 1.29 is 24.2 Å². The SMILES string of the molecule is C=CCC(CC=C)C(=O)N1CCc2cc(OC)c(OC)cc2C1CC(=O)O. The molecule has 1 aromatic rings. The van der Waals surface area contributed by atoms with Crippen LogP contribution in [0, 0.1) is 5.92 Å². The molecule has 1 heterocycles. The van der Waals surface area contributed by atoms with Crippen molar-refractivity contribution in [1.82, 2.24) is 4.90 Å². The Balaban J connectivity index is 2.46. The lowest BCUT2D eigenvalue weighted by Gasteiger charge is -2.39. The molecule has 146 valence electrons. The van der Waals surface area contributed by atoms with Crippen molar-refractivity contribution in [1.29, 1.82) is 0 Å². The molecule has 2 rings (SSSR count). The molecule has 1 aliphatic heterocycles. The van der Waals surface area contributed by atoms with E-state index in [1.807, 2.05) is 6.07 Å². The molecule has 1 unspecified atom stereocenters. The normalized spacial score (nSPS) is 15.8. The lowest BCUT2D eigenvalue weighted by atomic mass is 9.88. The van der Waals surface area contributed by atoms with E-state index in [1.165, 1.54) is 7.11 Å². The summed E-state index contributed by atoms with van der Waals surface area (Å²) < 4.78 is 10.7. The van der Waals surface area contributed by atoms with Gasteiger partial charge in [-0.3, -0.25) is 9.59 Å². The summed E-state index contributed by atoms with van der Waals surface area (Å²) in [7, 11) is 3.10. The van der Waals surface area contributed by atoms with Gasteiger partial charge in [-0.1, -0.05) is 12.2 Å². The Morgan fingerprint density at radius 3 is 2.33 bits per heavy atom. The third-order valence-electron chi connectivity index (χ3n) is 4.91. The van der Waals surface area contributed by atoms with Crippen molar-refractivity contribution in [2.75, 3.05) is 20.8 Å². The summed E-state index contributed by atoms with van der Waals surface area (Å²) in [5.74, 6) is -0.181. The van der Waals surface area contributed by atoms with Crippen LogP contribution in [0.2, 0.25) is 0 Å². The first-order chi connectivity index (χ1) is 13.0. The smallest absolute Gasteiger partial charge is 0.305 e. The van der Waals surface area contributed by atoms with E-state index < -0.39 is 12.0 Å². The first-order valence-electron chi connectivity index (χ1n) is 8.95. The number of ether oxygens (including phenoxy) is 2. The molecule has 1 aromatic carbocycles. The molecule has 0 saturated heterocycles. The Labute approximate surface area is 160 Å². The molecule has 0 radical (unpaired) electrons. The number of carboxylic acids is 1. The number of hydrogen-bond acceptors (Lipinski definition) is 4. The largest absolute Gasteiger partial charge is 0.493 e. The highest BCUT2D eigenvalue weighted by Crippen LogP contribution is 2.40. The van der Waals surface area contributed by atoms with Crippen LogP contribution in [0.15, 0.2) is 37.4 Å². The molecular weight excluding hydrogens is 346 g/mol. The fraction of sp³-hybridized carbons (Fsp3) is 0.429.